The second-order valence-corrected chi connectivity index (χ2v) is 4.88. The Hall–Kier alpha value is -1.56. The average molecular weight is 287 g/mol. The Kier molecular flexibility index (Phi) is 4.32. The van der Waals surface area contributed by atoms with Crippen molar-refractivity contribution in [3.8, 4) is 0 Å². The van der Waals surface area contributed by atoms with Crippen molar-refractivity contribution < 1.29 is 22.7 Å². The Morgan fingerprint density at radius 3 is 2.40 bits per heavy atom. The monoisotopic (exact) mass is 287 g/mol. The Morgan fingerprint density at radius 2 is 1.95 bits per heavy atom. The smallest absolute Gasteiger partial charge is 0.416 e. The molecule has 0 spiro atoms. The molecule has 1 N–H and O–H groups in total. The van der Waals surface area contributed by atoms with E-state index in [1.807, 2.05) is 0 Å². The molecule has 1 aromatic carbocycles. The molecule has 3 nitrogen and oxygen atoms in total. The summed E-state index contributed by atoms with van der Waals surface area (Å²) in [7, 11) is 1.27. The number of carbonyl (C=O) groups excluding carboxylic acids is 1. The topological polar surface area (TPSA) is 38.3 Å². The highest BCUT2D eigenvalue weighted by Crippen LogP contribution is 2.30. The number of alkyl halides is 3. The predicted octanol–water partition coefficient (Wildman–Crippen LogP) is 2.71. The van der Waals surface area contributed by atoms with Crippen molar-refractivity contribution in [3.63, 3.8) is 0 Å². The van der Waals surface area contributed by atoms with Gasteiger partial charge in [0.15, 0.2) is 0 Å². The van der Waals surface area contributed by atoms with Crippen LogP contribution in [0.3, 0.4) is 0 Å². The van der Waals surface area contributed by atoms with Gasteiger partial charge in [0.1, 0.15) is 0 Å². The van der Waals surface area contributed by atoms with Gasteiger partial charge in [-0.3, -0.25) is 4.79 Å². The van der Waals surface area contributed by atoms with E-state index in [9.17, 15) is 18.0 Å². The van der Waals surface area contributed by atoms with Crippen molar-refractivity contribution in [1.29, 1.82) is 0 Å². The number of methoxy groups -OCH3 is 1. The van der Waals surface area contributed by atoms with Crippen LogP contribution in [0.2, 0.25) is 0 Å². The second kappa shape index (κ2) is 5.83. The first-order valence-corrected chi connectivity index (χ1v) is 6.40. The van der Waals surface area contributed by atoms with Gasteiger partial charge >= 0.3 is 12.1 Å². The Morgan fingerprint density at radius 1 is 1.35 bits per heavy atom. The van der Waals surface area contributed by atoms with E-state index < -0.39 is 23.6 Å². The molecule has 0 amide bonds. The number of carbonyl (C=O) groups is 1. The number of nitrogens with one attached hydrogen (secondary N) is 1. The minimum Gasteiger partial charge on any atom is -0.469 e. The molecule has 0 aromatic heterocycles. The lowest BCUT2D eigenvalue weighted by Gasteiger charge is -2.16. The van der Waals surface area contributed by atoms with E-state index >= 15 is 0 Å². The number of hydrogen-bond acceptors (Lipinski definition) is 3. The van der Waals surface area contributed by atoms with Gasteiger partial charge in [0.25, 0.3) is 0 Å². The zero-order valence-electron chi connectivity index (χ0n) is 11.0. The lowest BCUT2D eigenvalue weighted by Crippen LogP contribution is -2.29. The minimum atomic E-state index is -4.37. The molecular formula is C14H16F3NO2. The molecule has 1 aliphatic rings. The number of benzene rings is 1. The maximum Gasteiger partial charge on any atom is 0.416 e. The van der Waals surface area contributed by atoms with Gasteiger partial charge in [-0.25, -0.2) is 0 Å². The number of esters is 1. The Balaban J connectivity index is 2.12. The highest BCUT2D eigenvalue weighted by atomic mass is 19.4. The molecule has 110 valence electrons. The summed E-state index contributed by atoms with van der Waals surface area (Å²) in [6.45, 7) is 0.378. The van der Waals surface area contributed by atoms with Crippen molar-refractivity contribution in [2.24, 2.45) is 0 Å². The number of ether oxygens (including phenoxy) is 1. The highest BCUT2D eigenvalue weighted by molar-refractivity contribution is 5.78. The molecule has 6 heteroatoms. The van der Waals surface area contributed by atoms with Crippen LogP contribution in [0.1, 0.15) is 29.9 Å². The summed E-state index contributed by atoms with van der Waals surface area (Å²) < 4.78 is 42.2. The molecule has 1 aliphatic carbocycles. The number of halogens is 3. The molecule has 1 atom stereocenters. The second-order valence-electron chi connectivity index (χ2n) is 4.88. The maximum absolute atomic E-state index is 12.5. The third-order valence-electron chi connectivity index (χ3n) is 3.31. The predicted molar refractivity (Wildman–Crippen MR) is 67.2 cm³/mol. The molecule has 0 aliphatic heterocycles. The van der Waals surface area contributed by atoms with Gasteiger partial charge in [-0.15, -0.1) is 0 Å². The van der Waals surface area contributed by atoms with Crippen LogP contribution in [0.4, 0.5) is 13.2 Å². The molecule has 20 heavy (non-hydrogen) atoms. The Bertz CT molecular complexity index is 466. The first-order valence-electron chi connectivity index (χ1n) is 6.40. The van der Waals surface area contributed by atoms with Crippen LogP contribution in [0, 0.1) is 0 Å². The van der Waals surface area contributed by atoms with Crippen LogP contribution in [0.25, 0.3) is 0 Å². The third kappa shape index (κ3) is 3.72. The Labute approximate surface area is 115 Å². The lowest BCUT2D eigenvalue weighted by molar-refractivity contribution is -0.142. The van der Waals surface area contributed by atoms with Gasteiger partial charge in [-0.05, 0) is 30.5 Å². The normalized spacial score (nSPS) is 16.8. The molecule has 0 heterocycles. The summed E-state index contributed by atoms with van der Waals surface area (Å²) in [5.41, 5.74) is -0.196. The SMILES string of the molecule is COC(=O)C(CNC1CC1)c1ccc(C(F)(F)F)cc1. The fourth-order valence-corrected chi connectivity index (χ4v) is 1.96. The summed E-state index contributed by atoms with van der Waals surface area (Å²) in [6.07, 6.45) is -2.23. The number of rotatable bonds is 5. The summed E-state index contributed by atoms with van der Waals surface area (Å²) in [5.74, 6) is -1.03. The summed E-state index contributed by atoms with van der Waals surface area (Å²) >= 11 is 0. The molecule has 0 bridgehead atoms. The van der Waals surface area contributed by atoms with Gasteiger partial charge < -0.3 is 10.1 Å². The molecule has 2 rings (SSSR count). The molecule has 1 fully saturated rings. The highest BCUT2D eigenvalue weighted by Gasteiger charge is 2.31. The maximum atomic E-state index is 12.5. The molecule has 1 aromatic rings. The molecular weight excluding hydrogens is 271 g/mol. The average Bonchev–Trinajstić information content (AvgIpc) is 3.22. The molecule has 1 saturated carbocycles. The first-order chi connectivity index (χ1) is 9.41. The van der Waals surface area contributed by atoms with Gasteiger partial charge in [0, 0.05) is 12.6 Å². The van der Waals surface area contributed by atoms with E-state index in [2.05, 4.69) is 5.32 Å². The largest absolute Gasteiger partial charge is 0.469 e. The van der Waals surface area contributed by atoms with E-state index in [1.54, 1.807) is 0 Å². The summed E-state index contributed by atoms with van der Waals surface area (Å²) in [6, 6.07) is 5.06. The van der Waals surface area contributed by atoms with Gasteiger partial charge in [-0.2, -0.15) is 13.2 Å². The molecule has 0 saturated heterocycles. The molecule has 0 radical (unpaired) electrons. The van der Waals surface area contributed by atoms with Crippen LogP contribution in [0.5, 0.6) is 0 Å². The van der Waals surface area contributed by atoms with Crippen LogP contribution in [-0.4, -0.2) is 25.7 Å². The lowest BCUT2D eigenvalue weighted by atomic mass is 9.97. The van der Waals surface area contributed by atoms with Crippen LogP contribution in [-0.2, 0) is 15.7 Å². The van der Waals surface area contributed by atoms with Crippen molar-refractivity contribution in [3.05, 3.63) is 35.4 Å². The van der Waals surface area contributed by atoms with Crippen molar-refractivity contribution in [1.82, 2.24) is 5.32 Å². The van der Waals surface area contributed by atoms with E-state index in [0.717, 1.165) is 25.0 Å². The van der Waals surface area contributed by atoms with Crippen LogP contribution >= 0.6 is 0 Å². The van der Waals surface area contributed by atoms with Crippen molar-refractivity contribution >= 4 is 5.97 Å². The minimum absolute atomic E-state index is 0.378. The van der Waals surface area contributed by atoms with E-state index in [0.29, 0.717) is 18.2 Å². The van der Waals surface area contributed by atoms with Crippen molar-refractivity contribution in [2.75, 3.05) is 13.7 Å². The quantitative estimate of drug-likeness (QED) is 0.846. The van der Waals surface area contributed by atoms with Crippen LogP contribution in [0.15, 0.2) is 24.3 Å². The van der Waals surface area contributed by atoms with Crippen LogP contribution < -0.4 is 5.32 Å². The van der Waals surface area contributed by atoms with E-state index in [-0.39, 0.29) is 0 Å². The fourth-order valence-electron chi connectivity index (χ4n) is 1.96. The summed E-state index contributed by atoms with van der Waals surface area (Å²) in [4.78, 5) is 11.7. The first kappa shape index (κ1) is 14.8. The van der Waals surface area contributed by atoms with Gasteiger partial charge in [0.2, 0.25) is 0 Å². The zero-order valence-corrected chi connectivity index (χ0v) is 11.0. The zero-order chi connectivity index (χ0) is 14.8. The van der Waals surface area contributed by atoms with Gasteiger partial charge in [0.05, 0.1) is 18.6 Å². The summed E-state index contributed by atoms with van der Waals surface area (Å²) in [5, 5.41) is 3.19. The van der Waals surface area contributed by atoms with Gasteiger partial charge in [-0.1, -0.05) is 12.1 Å². The van der Waals surface area contributed by atoms with E-state index in [4.69, 9.17) is 4.74 Å². The fraction of sp³-hybridized carbons (Fsp3) is 0.500. The molecule has 1 unspecified atom stereocenters. The number of hydrogen-bond donors (Lipinski definition) is 1. The third-order valence-corrected chi connectivity index (χ3v) is 3.31. The van der Waals surface area contributed by atoms with E-state index in [1.165, 1.54) is 19.2 Å². The standard InChI is InChI=1S/C14H16F3NO2/c1-20-13(19)12(8-18-11-6-7-11)9-2-4-10(5-3-9)14(15,16)17/h2-5,11-12,18H,6-8H2,1H3. The van der Waals surface area contributed by atoms with Crippen molar-refractivity contribution in [2.45, 2.75) is 31.0 Å².